The lowest BCUT2D eigenvalue weighted by atomic mass is 10.2. The standard InChI is InChI=1S/C10H16N2O2/c13-7-10(8-14)12-6-4-9-3-1-2-5-11-9/h1-3,5,10,12-14H,4,6-8H2. The quantitative estimate of drug-likeness (QED) is 0.577. The van der Waals surface area contributed by atoms with E-state index in [0.29, 0.717) is 6.54 Å². The summed E-state index contributed by atoms with van der Waals surface area (Å²) in [7, 11) is 0. The molecule has 0 aliphatic heterocycles. The van der Waals surface area contributed by atoms with E-state index in [0.717, 1.165) is 12.1 Å². The van der Waals surface area contributed by atoms with Gasteiger partial charge in [-0.25, -0.2) is 0 Å². The SMILES string of the molecule is OCC(CO)NCCc1ccccn1. The van der Waals surface area contributed by atoms with Crippen LogP contribution < -0.4 is 5.32 Å². The molecule has 1 heterocycles. The Balaban J connectivity index is 2.21. The highest BCUT2D eigenvalue weighted by Gasteiger charge is 2.03. The van der Waals surface area contributed by atoms with E-state index in [1.807, 2.05) is 18.2 Å². The minimum Gasteiger partial charge on any atom is -0.395 e. The van der Waals surface area contributed by atoms with Crippen LogP contribution >= 0.6 is 0 Å². The van der Waals surface area contributed by atoms with Crippen molar-refractivity contribution in [3.8, 4) is 0 Å². The number of pyridine rings is 1. The van der Waals surface area contributed by atoms with Gasteiger partial charge in [-0.2, -0.15) is 0 Å². The molecular weight excluding hydrogens is 180 g/mol. The lowest BCUT2D eigenvalue weighted by molar-refractivity contribution is 0.171. The summed E-state index contributed by atoms with van der Waals surface area (Å²) >= 11 is 0. The van der Waals surface area contributed by atoms with Crippen LogP contribution in [0.3, 0.4) is 0 Å². The number of aromatic nitrogens is 1. The topological polar surface area (TPSA) is 65.4 Å². The van der Waals surface area contributed by atoms with E-state index in [-0.39, 0.29) is 19.3 Å². The van der Waals surface area contributed by atoms with Crippen molar-refractivity contribution in [2.45, 2.75) is 12.5 Å². The van der Waals surface area contributed by atoms with Gasteiger partial charge in [-0.05, 0) is 12.1 Å². The van der Waals surface area contributed by atoms with Crippen LogP contribution in [0.5, 0.6) is 0 Å². The maximum absolute atomic E-state index is 8.79. The molecule has 0 amide bonds. The van der Waals surface area contributed by atoms with E-state index in [4.69, 9.17) is 10.2 Å². The molecule has 0 aliphatic carbocycles. The maximum atomic E-state index is 8.79. The van der Waals surface area contributed by atoms with Crippen molar-refractivity contribution in [3.05, 3.63) is 30.1 Å². The van der Waals surface area contributed by atoms with Gasteiger partial charge in [0.1, 0.15) is 0 Å². The summed E-state index contributed by atoms with van der Waals surface area (Å²) in [5.41, 5.74) is 1.01. The lowest BCUT2D eigenvalue weighted by Gasteiger charge is -2.12. The molecule has 1 rings (SSSR count). The number of nitrogens with zero attached hydrogens (tertiary/aromatic N) is 1. The van der Waals surface area contributed by atoms with Gasteiger partial charge in [0.05, 0.1) is 19.3 Å². The van der Waals surface area contributed by atoms with Crippen LogP contribution in [0.25, 0.3) is 0 Å². The van der Waals surface area contributed by atoms with Gasteiger partial charge < -0.3 is 15.5 Å². The van der Waals surface area contributed by atoms with Gasteiger partial charge in [-0.15, -0.1) is 0 Å². The fourth-order valence-electron chi connectivity index (χ4n) is 1.14. The molecular formula is C10H16N2O2. The van der Waals surface area contributed by atoms with E-state index in [2.05, 4.69) is 10.3 Å². The molecule has 0 saturated heterocycles. The first kappa shape index (κ1) is 11.1. The first-order valence-electron chi connectivity index (χ1n) is 4.72. The number of nitrogens with one attached hydrogen (secondary N) is 1. The number of hydrogen-bond donors (Lipinski definition) is 3. The largest absolute Gasteiger partial charge is 0.395 e. The Morgan fingerprint density at radius 3 is 2.64 bits per heavy atom. The summed E-state index contributed by atoms with van der Waals surface area (Å²) < 4.78 is 0. The third-order valence-corrected chi connectivity index (χ3v) is 1.98. The number of rotatable bonds is 6. The predicted molar refractivity (Wildman–Crippen MR) is 53.9 cm³/mol. The van der Waals surface area contributed by atoms with E-state index in [9.17, 15) is 0 Å². The zero-order valence-electron chi connectivity index (χ0n) is 8.06. The number of aliphatic hydroxyl groups excluding tert-OH is 2. The smallest absolute Gasteiger partial charge is 0.0607 e. The minimum absolute atomic E-state index is 0.0429. The van der Waals surface area contributed by atoms with Crippen LogP contribution in [0.4, 0.5) is 0 Å². The van der Waals surface area contributed by atoms with E-state index in [1.165, 1.54) is 0 Å². The summed E-state index contributed by atoms with van der Waals surface area (Å²) in [5.74, 6) is 0. The van der Waals surface area contributed by atoms with Gasteiger partial charge in [0.25, 0.3) is 0 Å². The van der Waals surface area contributed by atoms with Crippen LogP contribution in [-0.4, -0.2) is 41.0 Å². The Bertz CT molecular complexity index is 237. The van der Waals surface area contributed by atoms with Crippen molar-refractivity contribution in [2.24, 2.45) is 0 Å². The second kappa shape index (κ2) is 6.48. The molecule has 1 aromatic rings. The van der Waals surface area contributed by atoms with Gasteiger partial charge in [-0.3, -0.25) is 4.98 Å². The Morgan fingerprint density at radius 1 is 1.29 bits per heavy atom. The van der Waals surface area contributed by atoms with Crippen molar-refractivity contribution in [2.75, 3.05) is 19.8 Å². The van der Waals surface area contributed by atoms with Crippen molar-refractivity contribution in [3.63, 3.8) is 0 Å². The molecule has 0 fully saturated rings. The average Bonchev–Trinajstić information content (AvgIpc) is 2.26. The second-order valence-corrected chi connectivity index (χ2v) is 3.09. The molecule has 0 radical (unpaired) electrons. The molecule has 0 aliphatic rings. The zero-order chi connectivity index (χ0) is 10.2. The van der Waals surface area contributed by atoms with Crippen LogP contribution in [0.15, 0.2) is 24.4 Å². The Kier molecular flexibility index (Phi) is 5.14. The minimum atomic E-state index is -0.223. The molecule has 78 valence electrons. The van der Waals surface area contributed by atoms with Crippen molar-refractivity contribution in [1.82, 2.24) is 10.3 Å². The highest BCUT2D eigenvalue weighted by molar-refractivity contribution is 5.03. The summed E-state index contributed by atoms with van der Waals surface area (Å²) in [5, 5.41) is 20.6. The molecule has 3 N–H and O–H groups in total. The Hall–Kier alpha value is -0.970. The molecule has 0 saturated carbocycles. The van der Waals surface area contributed by atoms with Crippen molar-refractivity contribution < 1.29 is 10.2 Å². The van der Waals surface area contributed by atoms with Gasteiger partial charge in [-0.1, -0.05) is 6.07 Å². The molecule has 14 heavy (non-hydrogen) atoms. The van der Waals surface area contributed by atoms with Crippen LogP contribution in [0.2, 0.25) is 0 Å². The fraction of sp³-hybridized carbons (Fsp3) is 0.500. The third-order valence-electron chi connectivity index (χ3n) is 1.98. The highest BCUT2D eigenvalue weighted by atomic mass is 16.3. The average molecular weight is 196 g/mol. The summed E-state index contributed by atoms with van der Waals surface area (Å²) in [6.07, 6.45) is 2.56. The second-order valence-electron chi connectivity index (χ2n) is 3.09. The zero-order valence-corrected chi connectivity index (χ0v) is 8.06. The van der Waals surface area contributed by atoms with Crippen LogP contribution in [-0.2, 0) is 6.42 Å². The number of aliphatic hydroxyl groups is 2. The molecule has 0 aromatic carbocycles. The van der Waals surface area contributed by atoms with E-state index >= 15 is 0 Å². The Labute approximate surface area is 83.6 Å². The first-order chi connectivity index (χ1) is 6.86. The molecule has 0 unspecified atom stereocenters. The molecule has 0 spiro atoms. The lowest BCUT2D eigenvalue weighted by Crippen LogP contribution is -2.37. The van der Waals surface area contributed by atoms with Gasteiger partial charge >= 0.3 is 0 Å². The van der Waals surface area contributed by atoms with E-state index in [1.54, 1.807) is 6.20 Å². The van der Waals surface area contributed by atoms with Gasteiger partial charge in [0.15, 0.2) is 0 Å². The van der Waals surface area contributed by atoms with Crippen LogP contribution in [0, 0.1) is 0 Å². The predicted octanol–water partition coefficient (Wildman–Crippen LogP) is -0.433. The summed E-state index contributed by atoms with van der Waals surface area (Å²) in [6, 6.07) is 5.55. The molecule has 4 nitrogen and oxygen atoms in total. The molecule has 4 heteroatoms. The van der Waals surface area contributed by atoms with E-state index < -0.39 is 0 Å². The Morgan fingerprint density at radius 2 is 2.07 bits per heavy atom. The summed E-state index contributed by atoms with van der Waals surface area (Å²) in [6.45, 7) is 0.625. The van der Waals surface area contributed by atoms with Gasteiger partial charge in [0, 0.05) is 24.9 Å². The highest BCUT2D eigenvalue weighted by Crippen LogP contribution is 1.93. The third kappa shape index (κ3) is 3.83. The normalized spacial score (nSPS) is 10.8. The van der Waals surface area contributed by atoms with Gasteiger partial charge in [0.2, 0.25) is 0 Å². The first-order valence-corrected chi connectivity index (χ1v) is 4.72. The summed E-state index contributed by atoms with van der Waals surface area (Å²) in [4.78, 5) is 4.16. The van der Waals surface area contributed by atoms with Crippen LogP contribution in [0.1, 0.15) is 5.69 Å². The fourth-order valence-corrected chi connectivity index (χ4v) is 1.14. The molecule has 1 aromatic heterocycles. The number of hydrogen-bond acceptors (Lipinski definition) is 4. The molecule has 0 bridgehead atoms. The van der Waals surface area contributed by atoms with Crippen molar-refractivity contribution in [1.29, 1.82) is 0 Å². The molecule has 0 atom stereocenters. The monoisotopic (exact) mass is 196 g/mol. The van der Waals surface area contributed by atoms with Crippen molar-refractivity contribution >= 4 is 0 Å². The maximum Gasteiger partial charge on any atom is 0.0607 e.